The highest BCUT2D eigenvalue weighted by molar-refractivity contribution is 5.76. The number of ether oxygens (including phenoxy) is 1. The first-order chi connectivity index (χ1) is 8.63. The fourth-order valence-electron chi connectivity index (χ4n) is 1.79. The van der Waals surface area contributed by atoms with Crippen molar-refractivity contribution in [3.8, 4) is 5.75 Å². The van der Waals surface area contributed by atoms with E-state index in [1.165, 1.54) is 6.07 Å². The molecular formula is C14H15FN2O. The first-order valence-electron chi connectivity index (χ1n) is 5.55. The molecule has 18 heavy (non-hydrogen) atoms. The van der Waals surface area contributed by atoms with Gasteiger partial charge < -0.3 is 15.4 Å². The Morgan fingerprint density at radius 3 is 2.50 bits per heavy atom. The Labute approximate surface area is 106 Å². The molecule has 0 aliphatic carbocycles. The van der Waals surface area contributed by atoms with E-state index in [1.807, 2.05) is 0 Å². The SMILES string of the molecule is COc1ccc(N)c(N(C)c2ccccc2F)c1. The molecule has 0 radical (unpaired) electrons. The maximum absolute atomic E-state index is 13.7. The van der Waals surface area contributed by atoms with Crippen molar-refractivity contribution in [1.82, 2.24) is 0 Å². The van der Waals surface area contributed by atoms with Crippen LogP contribution in [0.5, 0.6) is 5.75 Å². The van der Waals surface area contributed by atoms with Crippen LogP contribution in [0.3, 0.4) is 0 Å². The Balaban J connectivity index is 2.45. The standard InChI is InChI=1S/C14H15FN2O/c1-17(13-6-4-3-5-11(13)15)14-9-10(18-2)7-8-12(14)16/h3-9H,16H2,1-2H3. The molecule has 0 aliphatic heterocycles. The molecule has 0 saturated heterocycles. The molecule has 0 aliphatic rings. The van der Waals surface area contributed by atoms with Gasteiger partial charge in [-0.1, -0.05) is 12.1 Å². The van der Waals surface area contributed by atoms with Crippen molar-refractivity contribution in [2.24, 2.45) is 0 Å². The molecule has 0 heterocycles. The highest BCUT2D eigenvalue weighted by Crippen LogP contribution is 2.33. The molecule has 0 spiro atoms. The van der Waals surface area contributed by atoms with Crippen molar-refractivity contribution in [3.05, 3.63) is 48.3 Å². The molecule has 0 fully saturated rings. The second kappa shape index (κ2) is 4.96. The van der Waals surface area contributed by atoms with Gasteiger partial charge in [0.05, 0.1) is 24.2 Å². The number of nitrogens with zero attached hydrogens (tertiary/aromatic N) is 1. The number of para-hydroxylation sites is 1. The maximum Gasteiger partial charge on any atom is 0.146 e. The van der Waals surface area contributed by atoms with Crippen LogP contribution in [-0.4, -0.2) is 14.2 Å². The molecule has 2 N–H and O–H groups in total. The van der Waals surface area contributed by atoms with Crippen molar-refractivity contribution in [2.75, 3.05) is 24.8 Å². The Bertz CT molecular complexity index is 557. The highest BCUT2D eigenvalue weighted by Gasteiger charge is 2.12. The lowest BCUT2D eigenvalue weighted by Gasteiger charge is -2.22. The lowest BCUT2D eigenvalue weighted by atomic mass is 10.2. The average molecular weight is 246 g/mol. The van der Waals surface area contributed by atoms with E-state index in [0.29, 0.717) is 22.8 Å². The molecule has 0 unspecified atom stereocenters. The van der Waals surface area contributed by atoms with Gasteiger partial charge in [-0.3, -0.25) is 0 Å². The molecule has 0 aromatic heterocycles. The van der Waals surface area contributed by atoms with E-state index in [0.717, 1.165) is 0 Å². The summed E-state index contributed by atoms with van der Waals surface area (Å²) in [6, 6.07) is 11.9. The van der Waals surface area contributed by atoms with Gasteiger partial charge in [-0.25, -0.2) is 4.39 Å². The molecule has 3 nitrogen and oxygen atoms in total. The normalized spacial score (nSPS) is 10.2. The number of anilines is 3. The molecule has 0 bridgehead atoms. The van der Waals surface area contributed by atoms with Crippen LogP contribution < -0.4 is 15.4 Å². The summed E-state index contributed by atoms with van der Waals surface area (Å²) >= 11 is 0. The molecule has 2 aromatic carbocycles. The minimum Gasteiger partial charge on any atom is -0.497 e. The van der Waals surface area contributed by atoms with Gasteiger partial charge in [0, 0.05) is 13.1 Å². The van der Waals surface area contributed by atoms with E-state index in [-0.39, 0.29) is 5.82 Å². The smallest absolute Gasteiger partial charge is 0.146 e. The summed E-state index contributed by atoms with van der Waals surface area (Å²) in [6.07, 6.45) is 0. The first kappa shape index (κ1) is 12.2. The van der Waals surface area contributed by atoms with Crippen LogP contribution >= 0.6 is 0 Å². The molecule has 2 aromatic rings. The second-order valence-corrected chi connectivity index (χ2v) is 3.94. The third kappa shape index (κ3) is 2.22. The average Bonchev–Trinajstić information content (AvgIpc) is 2.39. The predicted octanol–water partition coefficient (Wildman–Crippen LogP) is 3.18. The van der Waals surface area contributed by atoms with Crippen LogP contribution in [0.4, 0.5) is 21.5 Å². The third-order valence-electron chi connectivity index (χ3n) is 2.81. The summed E-state index contributed by atoms with van der Waals surface area (Å²) in [5.41, 5.74) is 7.66. The second-order valence-electron chi connectivity index (χ2n) is 3.94. The fraction of sp³-hybridized carbons (Fsp3) is 0.143. The Morgan fingerprint density at radius 1 is 1.11 bits per heavy atom. The topological polar surface area (TPSA) is 38.5 Å². The van der Waals surface area contributed by atoms with Crippen LogP contribution in [0.25, 0.3) is 0 Å². The van der Waals surface area contributed by atoms with Crippen LogP contribution in [0.1, 0.15) is 0 Å². The van der Waals surface area contributed by atoms with Gasteiger partial charge in [0.1, 0.15) is 11.6 Å². The van der Waals surface area contributed by atoms with Gasteiger partial charge in [-0.2, -0.15) is 0 Å². The van der Waals surface area contributed by atoms with Gasteiger partial charge in [-0.15, -0.1) is 0 Å². The number of nitrogen functional groups attached to an aromatic ring is 1. The van der Waals surface area contributed by atoms with E-state index >= 15 is 0 Å². The fourth-order valence-corrected chi connectivity index (χ4v) is 1.79. The zero-order chi connectivity index (χ0) is 13.1. The monoisotopic (exact) mass is 246 g/mol. The summed E-state index contributed by atoms with van der Waals surface area (Å²) in [6.45, 7) is 0. The zero-order valence-electron chi connectivity index (χ0n) is 10.4. The van der Waals surface area contributed by atoms with Gasteiger partial charge in [0.2, 0.25) is 0 Å². The van der Waals surface area contributed by atoms with E-state index in [9.17, 15) is 4.39 Å². The number of hydrogen-bond acceptors (Lipinski definition) is 3. The summed E-state index contributed by atoms with van der Waals surface area (Å²) in [5.74, 6) is 0.393. The minimum absolute atomic E-state index is 0.290. The van der Waals surface area contributed by atoms with E-state index in [1.54, 1.807) is 55.5 Å². The minimum atomic E-state index is -0.290. The van der Waals surface area contributed by atoms with E-state index in [4.69, 9.17) is 10.5 Å². The number of hydrogen-bond donors (Lipinski definition) is 1. The predicted molar refractivity (Wildman–Crippen MR) is 71.9 cm³/mol. The largest absolute Gasteiger partial charge is 0.497 e. The Kier molecular flexibility index (Phi) is 3.37. The van der Waals surface area contributed by atoms with Crippen LogP contribution in [0.2, 0.25) is 0 Å². The molecule has 0 amide bonds. The van der Waals surface area contributed by atoms with Gasteiger partial charge >= 0.3 is 0 Å². The quantitative estimate of drug-likeness (QED) is 0.845. The number of benzene rings is 2. The van der Waals surface area contributed by atoms with E-state index < -0.39 is 0 Å². The summed E-state index contributed by atoms with van der Waals surface area (Å²) in [5, 5.41) is 0. The molecule has 4 heteroatoms. The van der Waals surface area contributed by atoms with Crippen molar-refractivity contribution in [1.29, 1.82) is 0 Å². The number of methoxy groups -OCH3 is 1. The summed E-state index contributed by atoms with van der Waals surface area (Å²) in [7, 11) is 3.35. The van der Waals surface area contributed by atoms with Crippen molar-refractivity contribution in [2.45, 2.75) is 0 Å². The van der Waals surface area contributed by atoms with Crippen molar-refractivity contribution < 1.29 is 9.13 Å². The lowest BCUT2D eigenvalue weighted by Crippen LogP contribution is -2.13. The van der Waals surface area contributed by atoms with Crippen molar-refractivity contribution in [3.63, 3.8) is 0 Å². The molecule has 94 valence electrons. The number of nitrogens with two attached hydrogens (primary N) is 1. The summed E-state index contributed by atoms with van der Waals surface area (Å²) < 4.78 is 18.9. The van der Waals surface area contributed by atoms with Gasteiger partial charge in [0.25, 0.3) is 0 Å². The Hall–Kier alpha value is -2.23. The third-order valence-corrected chi connectivity index (χ3v) is 2.81. The van der Waals surface area contributed by atoms with Gasteiger partial charge in [-0.05, 0) is 24.3 Å². The number of rotatable bonds is 3. The van der Waals surface area contributed by atoms with E-state index in [2.05, 4.69) is 0 Å². The molecule has 0 atom stereocenters. The zero-order valence-corrected chi connectivity index (χ0v) is 10.4. The van der Waals surface area contributed by atoms with Crippen LogP contribution in [0, 0.1) is 5.82 Å². The lowest BCUT2D eigenvalue weighted by molar-refractivity contribution is 0.415. The Morgan fingerprint density at radius 2 is 1.83 bits per heavy atom. The van der Waals surface area contributed by atoms with Crippen LogP contribution in [0.15, 0.2) is 42.5 Å². The molecule has 0 saturated carbocycles. The van der Waals surface area contributed by atoms with Gasteiger partial charge in [0.15, 0.2) is 0 Å². The number of halogens is 1. The molecule has 2 rings (SSSR count). The molecular weight excluding hydrogens is 231 g/mol. The summed E-state index contributed by atoms with van der Waals surface area (Å²) in [4.78, 5) is 1.70. The first-order valence-corrected chi connectivity index (χ1v) is 5.55. The van der Waals surface area contributed by atoms with Crippen molar-refractivity contribution >= 4 is 17.1 Å². The highest BCUT2D eigenvalue weighted by atomic mass is 19.1. The van der Waals surface area contributed by atoms with Crippen LogP contribution in [-0.2, 0) is 0 Å². The maximum atomic E-state index is 13.7.